The van der Waals surface area contributed by atoms with Gasteiger partial charge in [-0.1, -0.05) is 48.3 Å². The Morgan fingerprint density at radius 1 is 0.701 bits per heavy atom. The molecule has 2 fully saturated rings. The van der Waals surface area contributed by atoms with E-state index in [0.29, 0.717) is 0 Å². The van der Waals surface area contributed by atoms with Gasteiger partial charge in [-0.25, -0.2) is 4.79 Å². The number of aliphatic hydroxyl groups excluding tert-OH is 6. The second kappa shape index (κ2) is 28.5. The number of carbonyl (C=O) groups is 8. The van der Waals surface area contributed by atoms with Crippen LogP contribution in [0.1, 0.15) is 105 Å². The highest BCUT2D eigenvalue weighted by Crippen LogP contribution is 2.50. The monoisotopic (exact) mass is 1390 g/mol. The summed E-state index contributed by atoms with van der Waals surface area (Å²) in [6.45, 7) is 3.68. The highest BCUT2D eigenvalue weighted by Gasteiger charge is 2.51. The lowest BCUT2D eigenvalue weighted by Gasteiger charge is -2.47. The maximum atomic E-state index is 15.9. The van der Waals surface area contributed by atoms with Gasteiger partial charge in [-0.3, -0.25) is 33.6 Å². The standard InChI is InChI=1S/C63H68Cl2N8O24/c1-4-5-41(79)69-47-49(80)24-7-10-35(30(64)13-24)93-37-15-26-16-38(53(37)97-62-54(52(83)51(82)39(21-74)95-62)96-42-20-63(3,67)55(84)22(2)92-42)94-36-11-8-25(14-31(36)65)50(81)48-60(89)72-46(61(90)91)29-17-27(75)18-34(77)43(29)28-12-23(6-9-33(28)76)44(57(86)73-48)71-58(87)45(26)70-56(85)32(19-40(66)78)68-59(47)88/h6-18,22,32,39,42,44-52,54-55,62,74-77,80-84H,4-5,19-21,67H2,1-3H3,(H2,66,78)(H,68,88)(H,69,79)(H,70,85)(H,71,87)(H,72,89)(H,73,86)(H,90,91)/t22-,32-,39+,42-,44+,45+,46-,47+,48-,49+,50+,51+,52-,54+,55+,62-,63-/m0/s1. The van der Waals surface area contributed by atoms with E-state index >= 15 is 14.4 Å². The third-order valence-corrected chi connectivity index (χ3v) is 17.5. The fourth-order valence-corrected chi connectivity index (χ4v) is 12.3. The molecule has 0 aromatic heterocycles. The van der Waals surface area contributed by atoms with Crippen LogP contribution in [0.4, 0.5) is 0 Å². The molecule has 5 aromatic carbocycles. The molecule has 7 aliphatic rings. The summed E-state index contributed by atoms with van der Waals surface area (Å²) in [5, 5.41) is 127. The number of aromatic hydroxyl groups is 3. The van der Waals surface area contributed by atoms with Crippen LogP contribution in [0.5, 0.6) is 46.0 Å². The highest BCUT2D eigenvalue weighted by molar-refractivity contribution is 6.32. The summed E-state index contributed by atoms with van der Waals surface area (Å²) < 4.78 is 38.1. The van der Waals surface area contributed by atoms with E-state index in [0.717, 1.165) is 66.7 Å². The van der Waals surface area contributed by atoms with Gasteiger partial charge in [-0.2, -0.15) is 0 Å². The Morgan fingerprint density at radius 2 is 1.31 bits per heavy atom. The number of aliphatic hydroxyl groups is 6. The van der Waals surface area contributed by atoms with E-state index in [1.54, 1.807) is 6.92 Å². The van der Waals surface area contributed by atoms with Crippen molar-refractivity contribution in [1.29, 1.82) is 0 Å². The van der Waals surface area contributed by atoms with E-state index in [4.69, 9.17) is 63.1 Å². The lowest BCUT2D eigenvalue weighted by atomic mass is 9.86. The molecule has 0 spiro atoms. The Morgan fingerprint density at radius 3 is 1.91 bits per heavy atom. The number of ether oxygens (including phenoxy) is 6. The Labute approximate surface area is 559 Å². The second-order valence-electron chi connectivity index (χ2n) is 24.1. The first-order valence-electron chi connectivity index (χ1n) is 30.1. The lowest BCUT2D eigenvalue weighted by Crippen LogP contribution is -2.64. The van der Waals surface area contributed by atoms with Crippen LogP contribution in [0.2, 0.25) is 10.0 Å². The molecule has 2 saturated heterocycles. The minimum atomic E-state index is -2.33. The van der Waals surface area contributed by atoms with E-state index < -0.39 is 231 Å². The molecule has 97 heavy (non-hydrogen) atoms. The summed E-state index contributed by atoms with van der Waals surface area (Å²) in [6.07, 6.45) is -18.6. The molecule has 7 amide bonds. The molecule has 0 radical (unpaired) electrons. The van der Waals surface area contributed by atoms with Crippen LogP contribution in [-0.2, 0) is 52.6 Å². The topological polar surface area (TPSA) is 518 Å². The third kappa shape index (κ3) is 14.8. The average Bonchev–Trinajstić information content (AvgIpc) is 0.771. The number of carboxylic acids is 1. The zero-order valence-corrected chi connectivity index (χ0v) is 52.9. The van der Waals surface area contributed by atoms with Gasteiger partial charge in [0, 0.05) is 41.1 Å². The zero-order chi connectivity index (χ0) is 70.4. The van der Waals surface area contributed by atoms with Crippen molar-refractivity contribution in [3.05, 3.63) is 117 Å². The van der Waals surface area contributed by atoms with E-state index in [2.05, 4.69) is 31.9 Å². The Hall–Kier alpha value is -9.16. The number of rotatable bonds is 11. The number of benzene rings is 5. The number of hydrogen-bond donors (Lipinski definition) is 18. The van der Waals surface area contributed by atoms with Crippen molar-refractivity contribution in [3.63, 3.8) is 0 Å². The minimum absolute atomic E-state index is 0.147. The summed E-state index contributed by atoms with van der Waals surface area (Å²) in [7, 11) is 0. The Bertz CT molecular complexity index is 3960. The zero-order valence-electron chi connectivity index (χ0n) is 51.4. The molecule has 11 bridgehead atoms. The number of carbonyl (C=O) groups excluding carboxylic acids is 7. The van der Waals surface area contributed by atoms with Gasteiger partial charge >= 0.3 is 5.97 Å². The van der Waals surface area contributed by atoms with Crippen molar-refractivity contribution in [2.24, 2.45) is 11.5 Å². The van der Waals surface area contributed by atoms with Gasteiger partial charge in [-0.05, 0) is 97.1 Å². The first-order chi connectivity index (χ1) is 45.9. The third-order valence-electron chi connectivity index (χ3n) is 16.9. The van der Waals surface area contributed by atoms with Crippen LogP contribution in [0.25, 0.3) is 11.1 Å². The molecule has 34 heteroatoms. The van der Waals surface area contributed by atoms with Crippen LogP contribution in [0, 0.1) is 0 Å². The number of amides is 7. The molecule has 32 nitrogen and oxygen atoms in total. The van der Waals surface area contributed by atoms with E-state index in [9.17, 15) is 75.0 Å². The van der Waals surface area contributed by atoms with Crippen LogP contribution >= 0.6 is 23.2 Å². The summed E-state index contributed by atoms with van der Waals surface area (Å²) >= 11 is 14.0. The molecule has 518 valence electrons. The molecule has 17 atom stereocenters. The van der Waals surface area contributed by atoms with Gasteiger partial charge in [0.05, 0.1) is 35.3 Å². The molecule has 12 rings (SSSR count). The minimum Gasteiger partial charge on any atom is -0.508 e. The molecule has 0 saturated carbocycles. The summed E-state index contributed by atoms with van der Waals surface area (Å²) in [5.41, 5.74) is 7.97. The number of hydrogen-bond acceptors (Lipinski definition) is 24. The number of phenolic OH excluding ortho intramolecular Hbond substituents is 3. The van der Waals surface area contributed by atoms with Crippen molar-refractivity contribution in [3.8, 4) is 57.1 Å². The molecule has 7 aliphatic heterocycles. The molecule has 5 aromatic rings. The number of halogens is 2. The fourth-order valence-electron chi connectivity index (χ4n) is 11.9. The van der Waals surface area contributed by atoms with Crippen LogP contribution in [0.15, 0.2) is 78.9 Å². The molecule has 7 heterocycles. The van der Waals surface area contributed by atoms with E-state index in [-0.39, 0.29) is 46.7 Å². The predicted molar refractivity (Wildman–Crippen MR) is 332 cm³/mol. The number of aliphatic carboxylic acids is 1. The van der Waals surface area contributed by atoms with Gasteiger partial charge in [-0.15, -0.1) is 0 Å². The molecular weight excluding hydrogens is 1320 g/mol. The van der Waals surface area contributed by atoms with Crippen LogP contribution in [0.3, 0.4) is 0 Å². The van der Waals surface area contributed by atoms with E-state index in [1.807, 2.05) is 0 Å². The number of phenols is 3. The van der Waals surface area contributed by atoms with E-state index in [1.165, 1.54) is 26.0 Å². The number of fused-ring (bicyclic) bond motifs is 15. The normalized spacial score (nSPS) is 29.8. The smallest absolute Gasteiger partial charge is 0.330 e. The SMILES string of the molecule is CCCC(=O)N[C@H]1C(=O)N[C@@H](CC(N)=O)C(=O)N[C@H]2C(=O)N[C@H]3C(=O)N[C@H](C(=O)N[C@H](C(=O)O)c4cc(O)cc(O)c4-c4cc3ccc4O)[C@H](O)c3ccc(c(Cl)c3)Oc3cc2cc(c3O[C@@H]2O[C@H](CO)[C@@H](O)[C@H](O)[C@H]2O[C@H]2C[C@](C)(N)[C@H](O)[C@H](C)O2)Oc2ccc(cc2Cl)[C@H]1O. The van der Waals surface area contributed by atoms with Crippen molar-refractivity contribution < 1.29 is 118 Å². The molecule has 0 aliphatic carbocycles. The number of primary amides is 1. The predicted octanol–water partition coefficient (Wildman–Crippen LogP) is 0.272. The molecule has 0 unspecified atom stereocenters. The maximum Gasteiger partial charge on any atom is 0.330 e. The summed E-state index contributed by atoms with van der Waals surface area (Å²) in [5.74, 6) is -15.7. The highest BCUT2D eigenvalue weighted by atomic mass is 35.5. The number of nitrogens with two attached hydrogens (primary N) is 2. The van der Waals surface area contributed by atoms with Crippen LogP contribution in [-0.4, -0.2) is 178 Å². The first-order valence-corrected chi connectivity index (χ1v) is 30.9. The quantitative estimate of drug-likeness (QED) is 0.0844. The van der Waals surface area contributed by atoms with Gasteiger partial charge in [0.1, 0.15) is 89.5 Å². The first kappa shape index (κ1) is 70.6. The van der Waals surface area contributed by atoms with Gasteiger partial charge in [0.2, 0.25) is 53.4 Å². The van der Waals surface area contributed by atoms with Crippen molar-refractivity contribution in [2.45, 2.75) is 150 Å². The summed E-state index contributed by atoms with van der Waals surface area (Å²) in [6, 6.07) is 0.411. The Balaban J connectivity index is 1.24. The van der Waals surface area contributed by atoms with Gasteiger partial charge in [0.15, 0.2) is 29.9 Å². The average molecular weight is 1390 g/mol. The lowest BCUT2D eigenvalue weighted by molar-refractivity contribution is -0.333. The van der Waals surface area contributed by atoms with Crippen molar-refractivity contribution in [2.75, 3.05) is 6.61 Å². The molecular formula is C63H68Cl2N8O24. The fraction of sp³-hybridized carbons (Fsp3) is 0.397. The van der Waals surface area contributed by atoms with Crippen molar-refractivity contribution in [1.82, 2.24) is 31.9 Å². The summed E-state index contributed by atoms with van der Waals surface area (Å²) in [4.78, 5) is 115. The van der Waals surface area contributed by atoms with Crippen molar-refractivity contribution >= 4 is 70.5 Å². The largest absolute Gasteiger partial charge is 0.508 e. The number of carboxylic acid groups (broad SMARTS) is 1. The maximum absolute atomic E-state index is 15.9. The molecule has 20 N–H and O–H groups in total. The Kier molecular flexibility index (Phi) is 20.8. The van der Waals surface area contributed by atoms with Gasteiger partial charge in [0.25, 0.3) is 0 Å². The van der Waals surface area contributed by atoms with Crippen LogP contribution < -0.4 is 57.6 Å². The second-order valence-corrected chi connectivity index (χ2v) is 24.9. The number of nitrogens with one attached hydrogen (secondary N) is 6. The van der Waals surface area contributed by atoms with Gasteiger partial charge < -0.3 is 123 Å².